The molecular formula is C19H20Cl2N2O3S. The van der Waals surface area contributed by atoms with E-state index in [2.05, 4.69) is 11.9 Å². The second kappa shape index (κ2) is 8.17. The van der Waals surface area contributed by atoms with Gasteiger partial charge in [0.15, 0.2) is 9.84 Å². The van der Waals surface area contributed by atoms with E-state index in [1.807, 2.05) is 0 Å². The van der Waals surface area contributed by atoms with Crippen molar-refractivity contribution in [3.63, 3.8) is 0 Å². The average Bonchev–Trinajstić information content (AvgIpc) is 2.61. The lowest BCUT2D eigenvalue weighted by atomic mass is 9.99. The molecule has 2 heterocycles. The summed E-state index contributed by atoms with van der Waals surface area (Å²) in [6.45, 7) is 3.59. The predicted octanol–water partition coefficient (Wildman–Crippen LogP) is 4.23. The molecule has 1 aliphatic rings. The monoisotopic (exact) mass is 426 g/mol. The first kappa shape index (κ1) is 20.1. The van der Waals surface area contributed by atoms with Gasteiger partial charge in [-0.15, -0.1) is 0 Å². The molecule has 5 nitrogen and oxygen atoms in total. The Kier molecular flexibility index (Phi) is 6.08. The highest BCUT2D eigenvalue weighted by molar-refractivity contribution is 7.90. The van der Waals surface area contributed by atoms with Gasteiger partial charge >= 0.3 is 0 Å². The smallest absolute Gasteiger partial charge is 0.255 e. The molecule has 0 atom stereocenters. The molecule has 0 N–H and O–H groups in total. The predicted molar refractivity (Wildman–Crippen MR) is 106 cm³/mol. The Labute approximate surface area is 169 Å². The fourth-order valence-corrected chi connectivity index (χ4v) is 5.72. The van der Waals surface area contributed by atoms with Crippen molar-refractivity contribution in [3.8, 4) is 0 Å². The number of amides is 1. The summed E-state index contributed by atoms with van der Waals surface area (Å²) in [5.41, 5.74) is 0.810. The second-order valence-corrected chi connectivity index (χ2v) is 9.61. The van der Waals surface area contributed by atoms with Crippen molar-refractivity contribution in [3.05, 3.63) is 57.8 Å². The Morgan fingerprint density at radius 2 is 1.81 bits per heavy atom. The number of carbonyl (C=O) groups excluding carboxylic acids is 1. The van der Waals surface area contributed by atoms with Crippen molar-refractivity contribution in [1.82, 2.24) is 9.88 Å². The zero-order chi connectivity index (χ0) is 19.6. The van der Waals surface area contributed by atoms with E-state index in [0.29, 0.717) is 30.1 Å². The van der Waals surface area contributed by atoms with Gasteiger partial charge in [0.2, 0.25) is 0 Å². The van der Waals surface area contributed by atoms with Gasteiger partial charge in [-0.05, 0) is 42.5 Å². The molecule has 1 saturated heterocycles. The molecule has 1 aliphatic heterocycles. The number of halogens is 2. The lowest BCUT2D eigenvalue weighted by Gasteiger charge is -2.30. The van der Waals surface area contributed by atoms with Gasteiger partial charge in [0.25, 0.3) is 5.91 Å². The summed E-state index contributed by atoms with van der Waals surface area (Å²) < 4.78 is 25.5. The molecule has 144 valence electrons. The molecule has 27 heavy (non-hydrogen) atoms. The molecule has 3 rings (SSSR count). The van der Waals surface area contributed by atoms with Crippen LogP contribution in [0.4, 0.5) is 0 Å². The molecule has 1 amide bonds. The first-order valence-electron chi connectivity index (χ1n) is 8.68. The third-order valence-electron chi connectivity index (χ3n) is 4.70. The molecule has 1 fully saturated rings. The number of carbonyl (C=O) groups is 1. The minimum atomic E-state index is -3.78. The summed E-state index contributed by atoms with van der Waals surface area (Å²) in [6, 6.07) is 6.13. The van der Waals surface area contributed by atoms with Crippen molar-refractivity contribution in [2.45, 2.75) is 30.4 Å². The number of likely N-dealkylation sites (tertiary alicyclic amines) is 1. The van der Waals surface area contributed by atoms with Gasteiger partial charge in [0.05, 0.1) is 21.4 Å². The number of nitrogens with zero attached hydrogens (tertiary/aromatic N) is 2. The second-order valence-electron chi connectivity index (χ2n) is 6.87. The first-order valence-corrected chi connectivity index (χ1v) is 11.1. The number of sulfone groups is 1. The molecular weight excluding hydrogens is 407 g/mol. The molecule has 0 aliphatic carbocycles. The maximum absolute atomic E-state index is 12.8. The van der Waals surface area contributed by atoms with Gasteiger partial charge in [-0.25, -0.2) is 8.42 Å². The van der Waals surface area contributed by atoms with Crippen molar-refractivity contribution >= 4 is 38.9 Å². The highest BCUT2D eigenvalue weighted by Gasteiger charge is 2.25. The van der Waals surface area contributed by atoms with Crippen molar-refractivity contribution in [2.75, 3.05) is 13.1 Å². The highest BCUT2D eigenvalue weighted by atomic mass is 35.5. The van der Waals surface area contributed by atoms with Crippen LogP contribution < -0.4 is 0 Å². The van der Waals surface area contributed by atoms with Gasteiger partial charge < -0.3 is 4.90 Å². The summed E-state index contributed by atoms with van der Waals surface area (Å²) in [6.07, 6.45) is 4.85. The summed E-state index contributed by atoms with van der Waals surface area (Å²) in [7, 11) is -3.78. The van der Waals surface area contributed by atoms with Crippen molar-refractivity contribution < 1.29 is 13.2 Å². The molecule has 0 saturated carbocycles. The molecule has 0 bridgehead atoms. The molecule has 0 radical (unpaired) electrons. The highest BCUT2D eigenvalue weighted by Crippen LogP contribution is 2.31. The third kappa shape index (κ3) is 4.62. The quantitative estimate of drug-likeness (QED) is 0.732. The summed E-state index contributed by atoms with van der Waals surface area (Å²) in [5.74, 6) is 0.162. The van der Waals surface area contributed by atoms with Crippen molar-refractivity contribution in [1.29, 1.82) is 0 Å². The van der Waals surface area contributed by atoms with Crippen LogP contribution in [0.1, 0.15) is 35.7 Å². The van der Waals surface area contributed by atoms with Crippen molar-refractivity contribution in [2.24, 2.45) is 5.92 Å². The van der Waals surface area contributed by atoms with E-state index in [1.54, 1.807) is 17.0 Å². The molecule has 1 aromatic carbocycles. The standard InChI is InChI=1S/C19H20Cl2N2O3S/c1-13-5-7-23(8-6-13)19(24)15-9-14(10-22-11-15)12-27(25,26)18-16(20)3-2-4-17(18)21/h2-4,9-11,13H,5-8,12H2,1H3. The number of piperidine rings is 1. The van der Waals surface area contributed by atoms with Crippen LogP contribution in [0.15, 0.2) is 41.6 Å². The lowest BCUT2D eigenvalue weighted by Crippen LogP contribution is -2.38. The van der Waals surface area contributed by atoms with E-state index in [1.165, 1.54) is 24.5 Å². The Morgan fingerprint density at radius 3 is 2.44 bits per heavy atom. The Balaban J connectivity index is 1.83. The van der Waals surface area contributed by atoms with Crippen LogP contribution in [0.25, 0.3) is 0 Å². The number of benzene rings is 1. The summed E-state index contributed by atoms with van der Waals surface area (Å²) in [5, 5.41) is 0.148. The zero-order valence-corrected chi connectivity index (χ0v) is 17.2. The fraction of sp³-hybridized carbons (Fsp3) is 0.368. The van der Waals surface area contributed by atoms with E-state index in [0.717, 1.165) is 12.8 Å². The van der Waals surface area contributed by atoms with Gasteiger partial charge in [-0.1, -0.05) is 36.2 Å². The first-order chi connectivity index (χ1) is 12.8. The van der Waals surface area contributed by atoms with Gasteiger partial charge in [-0.2, -0.15) is 0 Å². The number of hydrogen-bond acceptors (Lipinski definition) is 4. The third-order valence-corrected chi connectivity index (χ3v) is 7.33. The summed E-state index contributed by atoms with van der Waals surface area (Å²) >= 11 is 12.1. The van der Waals surface area contributed by atoms with E-state index < -0.39 is 9.84 Å². The van der Waals surface area contributed by atoms with Crippen LogP contribution in [0.5, 0.6) is 0 Å². The molecule has 0 unspecified atom stereocenters. The number of pyridine rings is 1. The van der Waals surface area contributed by atoms with Crippen LogP contribution in [-0.2, 0) is 15.6 Å². The topological polar surface area (TPSA) is 67.3 Å². The Morgan fingerprint density at radius 1 is 1.19 bits per heavy atom. The Hall–Kier alpha value is -1.63. The maximum atomic E-state index is 12.8. The number of aromatic nitrogens is 1. The normalized spacial score (nSPS) is 15.7. The SMILES string of the molecule is CC1CCN(C(=O)c2cncc(CS(=O)(=O)c3c(Cl)cccc3Cl)c2)CC1. The fourth-order valence-electron chi connectivity index (χ4n) is 3.15. The molecule has 1 aromatic heterocycles. The molecule has 0 spiro atoms. The summed E-state index contributed by atoms with van der Waals surface area (Å²) in [4.78, 5) is 18.4. The average molecular weight is 427 g/mol. The van der Waals surface area contributed by atoms with Crippen LogP contribution in [0.3, 0.4) is 0 Å². The number of rotatable bonds is 4. The lowest BCUT2D eigenvalue weighted by molar-refractivity contribution is 0.0696. The van der Waals surface area contributed by atoms with E-state index in [-0.39, 0.29) is 26.6 Å². The van der Waals surface area contributed by atoms with Gasteiger partial charge in [0.1, 0.15) is 4.90 Å². The van der Waals surface area contributed by atoms with E-state index in [9.17, 15) is 13.2 Å². The van der Waals surface area contributed by atoms with Gasteiger partial charge in [-0.3, -0.25) is 9.78 Å². The maximum Gasteiger partial charge on any atom is 0.255 e. The zero-order valence-electron chi connectivity index (χ0n) is 14.9. The van der Waals surface area contributed by atoms with E-state index in [4.69, 9.17) is 23.2 Å². The van der Waals surface area contributed by atoms with Crippen LogP contribution in [0, 0.1) is 5.92 Å². The molecule has 2 aromatic rings. The molecule has 8 heteroatoms. The van der Waals surface area contributed by atoms with Gasteiger partial charge in [0, 0.05) is 25.5 Å². The van der Waals surface area contributed by atoms with E-state index >= 15 is 0 Å². The minimum absolute atomic E-state index is 0.0742. The van der Waals surface area contributed by atoms with Crippen LogP contribution in [0.2, 0.25) is 10.0 Å². The largest absolute Gasteiger partial charge is 0.339 e. The van der Waals surface area contributed by atoms with Crippen LogP contribution in [-0.4, -0.2) is 37.3 Å². The number of hydrogen-bond donors (Lipinski definition) is 0. The Bertz CT molecular complexity index is 935. The van der Waals surface area contributed by atoms with Crippen LogP contribution >= 0.6 is 23.2 Å². The minimum Gasteiger partial charge on any atom is -0.339 e.